The standard InChI is InChI=1S/C23H29N5O3/c1-27(2)23-25-12-19(17-5-7-18(8-6-17)22(24)29)21(26-23)20-14-28(9-11-31-20)13-16-4-3-10-30-15-16/h4-8,12,20H,3,9-11,13-15H2,1-2H3,(H2,24,29). The van der Waals surface area contributed by atoms with Crippen molar-refractivity contribution in [2.75, 3.05) is 58.5 Å². The first-order chi connectivity index (χ1) is 15.0. The van der Waals surface area contributed by atoms with Gasteiger partial charge in [-0.15, -0.1) is 0 Å². The fraction of sp³-hybridized carbons (Fsp3) is 0.435. The molecule has 1 amide bonds. The van der Waals surface area contributed by atoms with E-state index < -0.39 is 5.91 Å². The Morgan fingerprint density at radius 2 is 2.06 bits per heavy atom. The number of amides is 1. The Morgan fingerprint density at radius 3 is 2.74 bits per heavy atom. The first-order valence-electron chi connectivity index (χ1n) is 10.6. The number of nitrogens with two attached hydrogens (primary N) is 1. The maximum atomic E-state index is 11.4. The van der Waals surface area contributed by atoms with Crippen molar-refractivity contribution >= 4 is 11.9 Å². The first-order valence-corrected chi connectivity index (χ1v) is 10.6. The van der Waals surface area contributed by atoms with Gasteiger partial charge >= 0.3 is 0 Å². The zero-order valence-corrected chi connectivity index (χ0v) is 18.1. The Balaban J connectivity index is 1.62. The molecular formula is C23H29N5O3. The molecule has 0 saturated carbocycles. The third-order valence-corrected chi connectivity index (χ3v) is 5.55. The quantitative estimate of drug-likeness (QED) is 0.711. The van der Waals surface area contributed by atoms with E-state index >= 15 is 0 Å². The summed E-state index contributed by atoms with van der Waals surface area (Å²) >= 11 is 0. The van der Waals surface area contributed by atoms with E-state index in [2.05, 4.69) is 16.0 Å². The molecule has 1 aromatic carbocycles. The summed E-state index contributed by atoms with van der Waals surface area (Å²) < 4.78 is 11.8. The van der Waals surface area contributed by atoms with Crippen molar-refractivity contribution < 1.29 is 14.3 Å². The molecule has 0 aliphatic carbocycles. The van der Waals surface area contributed by atoms with Crippen LogP contribution in [0.1, 0.15) is 28.6 Å². The number of primary amides is 1. The minimum Gasteiger partial charge on any atom is -0.377 e. The summed E-state index contributed by atoms with van der Waals surface area (Å²) in [7, 11) is 3.84. The maximum absolute atomic E-state index is 11.4. The summed E-state index contributed by atoms with van der Waals surface area (Å²) in [6.45, 7) is 4.66. The smallest absolute Gasteiger partial charge is 0.248 e. The molecule has 164 valence electrons. The molecule has 2 N–H and O–H groups in total. The lowest BCUT2D eigenvalue weighted by molar-refractivity contribution is -0.0299. The van der Waals surface area contributed by atoms with Crippen LogP contribution in [-0.4, -0.2) is 74.3 Å². The number of hydrogen-bond donors (Lipinski definition) is 1. The number of aromatic nitrogens is 2. The van der Waals surface area contributed by atoms with Crippen molar-refractivity contribution in [2.45, 2.75) is 12.5 Å². The van der Waals surface area contributed by atoms with E-state index in [1.165, 1.54) is 5.57 Å². The number of carbonyl (C=O) groups excluding carboxylic acids is 1. The Hall–Kier alpha value is -2.81. The van der Waals surface area contributed by atoms with Crippen LogP contribution in [0.5, 0.6) is 0 Å². The highest BCUT2D eigenvalue weighted by Gasteiger charge is 2.27. The highest BCUT2D eigenvalue weighted by Crippen LogP contribution is 2.32. The molecule has 1 atom stereocenters. The fourth-order valence-corrected chi connectivity index (χ4v) is 3.90. The van der Waals surface area contributed by atoms with E-state index in [1.54, 1.807) is 12.1 Å². The summed E-state index contributed by atoms with van der Waals surface area (Å²) in [4.78, 5) is 25.1. The first kappa shape index (κ1) is 21.4. The third kappa shape index (κ3) is 5.10. The van der Waals surface area contributed by atoms with Crippen LogP contribution in [-0.2, 0) is 9.47 Å². The molecule has 8 heteroatoms. The van der Waals surface area contributed by atoms with Crippen LogP contribution in [0.3, 0.4) is 0 Å². The number of nitrogens with zero attached hydrogens (tertiary/aromatic N) is 4. The molecule has 0 spiro atoms. The second-order valence-corrected chi connectivity index (χ2v) is 8.10. The lowest BCUT2D eigenvalue weighted by Gasteiger charge is -2.34. The van der Waals surface area contributed by atoms with Gasteiger partial charge < -0.3 is 20.1 Å². The van der Waals surface area contributed by atoms with Gasteiger partial charge in [0.15, 0.2) is 0 Å². The summed E-state index contributed by atoms with van der Waals surface area (Å²) in [6.07, 6.45) is 4.92. The van der Waals surface area contributed by atoms with E-state index in [4.69, 9.17) is 20.2 Å². The largest absolute Gasteiger partial charge is 0.377 e. The van der Waals surface area contributed by atoms with Crippen LogP contribution in [0, 0.1) is 0 Å². The zero-order valence-electron chi connectivity index (χ0n) is 18.1. The Bertz CT molecular complexity index is 958. The van der Waals surface area contributed by atoms with Gasteiger partial charge in [-0.1, -0.05) is 18.2 Å². The number of rotatable bonds is 6. The highest BCUT2D eigenvalue weighted by atomic mass is 16.5. The minimum absolute atomic E-state index is 0.175. The van der Waals surface area contributed by atoms with Gasteiger partial charge in [0.1, 0.15) is 6.10 Å². The van der Waals surface area contributed by atoms with Crippen LogP contribution in [0.25, 0.3) is 11.1 Å². The summed E-state index contributed by atoms with van der Waals surface area (Å²) in [5.74, 6) is 0.190. The number of benzene rings is 1. The Morgan fingerprint density at radius 1 is 1.26 bits per heavy atom. The summed E-state index contributed by atoms with van der Waals surface area (Å²) in [5.41, 5.74) is 9.86. The monoisotopic (exact) mass is 423 g/mol. The minimum atomic E-state index is -0.446. The van der Waals surface area contributed by atoms with E-state index in [-0.39, 0.29) is 6.10 Å². The highest BCUT2D eigenvalue weighted by molar-refractivity contribution is 5.93. The maximum Gasteiger partial charge on any atom is 0.248 e. The van der Waals surface area contributed by atoms with Crippen molar-refractivity contribution in [3.63, 3.8) is 0 Å². The van der Waals surface area contributed by atoms with Crippen molar-refractivity contribution in [1.29, 1.82) is 0 Å². The SMILES string of the molecule is CN(C)c1ncc(-c2ccc(C(N)=O)cc2)c(C2CN(CC3=CCCOC3)CCO2)n1. The Labute approximate surface area is 182 Å². The predicted molar refractivity (Wildman–Crippen MR) is 119 cm³/mol. The van der Waals surface area contributed by atoms with Crippen molar-refractivity contribution in [2.24, 2.45) is 5.73 Å². The van der Waals surface area contributed by atoms with E-state index in [1.807, 2.05) is 37.3 Å². The number of anilines is 1. The molecule has 1 fully saturated rings. The number of ether oxygens (including phenoxy) is 2. The van der Waals surface area contributed by atoms with Crippen LogP contribution < -0.4 is 10.6 Å². The van der Waals surface area contributed by atoms with Gasteiger partial charge in [0, 0.05) is 51.1 Å². The molecule has 1 saturated heterocycles. The van der Waals surface area contributed by atoms with Gasteiger partial charge in [0.25, 0.3) is 0 Å². The molecule has 2 aliphatic heterocycles. The molecule has 2 aromatic rings. The molecule has 1 aromatic heterocycles. The van der Waals surface area contributed by atoms with Gasteiger partial charge in [-0.2, -0.15) is 0 Å². The molecule has 31 heavy (non-hydrogen) atoms. The van der Waals surface area contributed by atoms with Gasteiger partial charge in [-0.25, -0.2) is 9.97 Å². The Kier molecular flexibility index (Phi) is 6.60. The normalized spacial score (nSPS) is 19.7. The molecule has 3 heterocycles. The van der Waals surface area contributed by atoms with Gasteiger partial charge in [0.05, 0.1) is 25.5 Å². The van der Waals surface area contributed by atoms with E-state index in [9.17, 15) is 4.79 Å². The van der Waals surface area contributed by atoms with Crippen molar-refractivity contribution in [3.8, 4) is 11.1 Å². The van der Waals surface area contributed by atoms with Gasteiger partial charge in [-0.3, -0.25) is 9.69 Å². The second kappa shape index (κ2) is 9.55. The van der Waals surface area contributed by atoms with E-state index in [0.29, 0.717) is 24.7 Å². The van der Waals surface area contributed by atoms with E-state index in [0.717, 1.165) is 49.5 Å². The number of morpholine rings is 1. The predicted octanol–water partition coefficient (Wildman–Crippen LogP) is 2.03. The average molecular weight is 424 g/mol. The van der Waals surface area contributed by atoms with Crippen molar-refractivity contribution in [1.82, 2.24) is 14.9 Å². The number of carbonyl (C=O) groups is 1. The van der Waals surface area contributed by atoms with Crippen LogP contribution >= 0.6 is 0 Å². The lowest BCUT2D eigenvalue weighted by atomic mass is 10.00. The molecule has 2 aliphatic rings. The summed E-state index contributed by atoms with van der Waals surface area (Å²) in [5, 5.41) is 0. The molecule has 1 unspecified atom stereocenters. The van der Waals surface area contributed by atoms with Gasteiger partial charge in [-0.05, 0) is 29.7 Å². The lowest BCUT2D eigenvalue weighted by Crippen LogP contribution is -2.40. The molecule has 8 nitrogen and oxygen atoms in total. The zero-order chi connectivity index (χ0) is 21.8. The molecule has 0 radical (unpaired) electrons. The van der Waals surface area contributed by atoms with Gasteiger partial charge in [0.2, 0.25) is 11.9 Å². The average Bonchev–Trinajstić information content (AvgIpc) is 2.79. The fourth-order valence-electron chi connectivity index (χ4n) is 3.90. The van der Waals surface area contributed by atoms with Crippen LogP contribution in [0.4, 0.5) is 5.95 Å². The third-order valence-electron chi connectivity index (χ3n) is 5.55. The molecule has 4 rings (SSSR count). The van der Waals surface area contributed by atoms with Crippen LogP contribution in [0.2, 0.25) is 0 Å². The topological polar surface area (TPSA) is 93.8 Å². The van der Waals surface area contributed by atoms with Crippen molar-refractivity contribution in [3.05, 3.63) is 53.4 Å². The molecule has 0 bridgehead atoms. The van der Waals surface area contributed by atoms with Crippen LogP contribution in [0.15, 0.2) is 42.1 Å². The number of hydrogen-bond acceptors (Lipinski definition) is 7. The second-order valence-electron chi connectivity index (χ2n) is 8.10. The summed E-state index contributed by atoms with van der Waals surface area (Å²) in [6, 6.07) is 7.21. The molecular weight excluding hydrogens is 394 g/mol.